The summed E-state index contributed by atoms with van der Waals surface area (Å²) in [7, 11) is -2.39. The predicted molar refractivity (Wildman–Crippen MR) is 121 cm³/mol. The number of aromatic nitrogens is 3. The number of benzene rings is 1. The molecule has 210 valence electrons. The molecule has 0 bridgehead atoms. The lowest BCUT2D eigenvalue weighted by Gasteiger charge is -2.50. The van der Waals surface area contributed by atoms with Crippen molar-refractivity contribution < 1.29 is 39.6 Å². The van der Waals surface area contributed by atoms with Gasteiger partial charge in [-0.1, -0.05) is 5.21 Å². The Hall–Kier alpha value is -2.72. The maximum absolute atomic E-state index is 14.3. The topological polar surface area (TPSA) is 100 Å². The molecule has 2 fully saturated rings. The number of amides is 1. The summed E-state index contributed by atoms with van der Waals surface area (Å²) in [4.78, 5) is 14.5. The molecule has 4 rings (SSSR count). The van der Waals surface area contributed by atoms with Crippen LogP contribution in [0.15, 0.2) is 29.4 Å². The molecular formula is C22H26F6N6O3S. The van der Waals surface area contributed by atoms with Gasteiger partial charge in [0.15, 0.2) is 0 Å². The lowest BCUT2D eigenvalue weighted by Crippen LogP contribution is -2.63. The number of nitrogens with zero attached hydrogens (tertiary/aromatic N) is 5. The van der Waals surface area contributed by atoms with Gasteiger partial charge < -0.3 is 5.32 Å². The van der Waals surface area contributed by atoms with Crippen molar-refractivity contribution in [1.29, 1.82) is 0 Å². The second-order valence-corrected chi connectivity index (χ2v) is 11.5. The van der Waals surface area contributed by atoms with E-state index in [4.69, 9.17) is 0 Å². The van der Waals surface area contributed by atoms with Gasteiger partial charge in [-0.2, -0.15) is 17.5 Å². The molecule has 1 aromatic heterocycles. The van der Waals surface area contributed by atoms with Gasteiger partial charge in [-0.05, 0) is 31.0 Å². The fraction of sp³-hybridized carbons (Fsp3) is 0.591. The minimum Gasteiger partial charge on any atom is -0.350 e. The number of piperazine rings is 1. The molecule has 1 amide bonds. The Balaban J connectivity index is 1.48. The summed E-state index contributed by atoms with van der Waals surface area (Å²) in [5.41, 5.74) is -2.82. The van der Waals surface area contributed by atoms with Crippen LogP contribution in [0.4, 0.5) is 26.3 Å². The highest BCUT2D eigenvalue weighted by molar-refractivity contribution is 7.89. The maximum Gasteiger partial charge on any atom is 0.416 e. The molecule has 2 aromatic rings. The van der Waals surface area contributed by atoms with Crippen LogP contribution < -0.4 is 5.32 Å². The van der Waals surface area contributed by atoms with Crippen LogP contribution in [0, 0.1) is 5.82 Å². The normalized spacial score (nSPS) is 20.8. The largest absolute Gasteiger partial charge is 0.416 e. The van der Waals surface area contributed by atoms with Crippen LogP contribution in [-0.4, -0.2) is 82.7 Å². The summed E-state index contributed by atoms with van der Waals surface area (Å²) in [5.74, 6) is -5.23. The van der Waals surface area contributed by atoms with Gasteiger partial charge in [-0.15, -0.1) is 5.10 Å². The van der Waals surface area contributed by atoms with Crippen molar-refractivity contribution in [2.75, 3.05) is 32.7 Å². The Morgan fingerprint density at radius 1 is 1.08 bits per heavy atom. The summed E-state index contributed by atoms with van der Waals surface area (Å²) in [6, 6.07) is 1.54. The fourth-order valence-corrected chi connectivity index (χ4v) is 6.21. The molecule has 0 radical (unpaired) electrons. The summed E-state index contributed by atoms with van der Waals surface area (Å²) < 4.78 is 109. The molecule has 38 heavy (non-hydrogen) atoms. The van der Waals surface area contributed by atoms with E-state index in [2.05, 4.69) is 15.6 Å². The van der Waals surface area contributed by atoms with Crippen LogP contribution in [0.3, 0.4) is 0 Å². The average Bonchev–Trinajstić information content (AvgIpc) is 3.30. The van der Waals surface area contributed by atoms with Crippen LogP contribution in [-0.2, 0) is 23.2 Å². The van der Waals surface area contributed by atoms with Crippen LogP contribution in [0.2, 0.25) is 0 Å². The Morgan fingerprint density at radius 2 is 1.71 bits per heavy atom. The zero-order valence-electron chi connectivity index (χ0n) is 20.3. The number of sulfonamides is 1. The SMILES string of the molecule is Cn1cc(S(=O)(=O)N2CCN(C3(CNC(=O)c4ccc(C(F)(F)F)cc4F)CCC(F)(F)CC3)CC2)nn1. The third-order valence-electron chi connectivity index (χ3n) is 7.13. The number of carbonyl (C=O) groups excluding carboxylic acids is 1. The summed E-state index contributed by atoms with van der Waals surface area (Å²) in [5, 5.41) is 9.57. The number of carbonyl (C=O) groups is 1. The monoisotopic (exact) mass is 568 g/mol. The van der Waals surface area contributed by atoms with E-state index < -0.39 is 63.4 Å². The average molecular weight is 569 g/mol. The number of rotatable bonds is 6. The van der Waals surface area contributed by atoms with Gasteiger partial charge in [-0.3, -0.25) is 14.4 Å². The Labute approximate surface area is 214 Å². The van der Waals surface area contributed by atoms with Crippen LogP contribution in [0.1, 0.15) is 41.6 Å². The van der Waals surface area contributed by atoms with E-state index in [0.29, 0.717) is 6.07 Å². The Morgan fingerprint density at radius 3 is 2.24 bits per heavy atom. The molecule has 1 aromatic carbocycles. The standard InChI is InChI=1S/C22H26F6N6O3S/c1-32-13-18(30-31-32)38(36,37)34-10-8-33(9-11-34)20(4-6-21(24,25)7-5-20)14-29-19(35)16-3-2-15(12-17(16)23)22(26,27)28/h2-3,12-13H,4-11,14H2,1H3,(H,29,35). The van der Waals surface area contributed by atoms with E-state index in [1.54, 1.807) is 0 Å². The quantitative estimate of drug-likeness (QED) is 0.538. The number of alkyl halides is 5. The van der Waals surface area contributed by atoms with Crippen molar-refractivity contribution in [3.63, 3.8) is 0 Å². The second kappa shape index (κ2) is 10.1. The molecule has 2 heterocycles. The van der Waals surface area contributed by atoms with Gasteiger partial charge in [0, 0.05) is 58.2 Å². The molecule has 0 atom stereocenters. The number of nitrogens with one attached hydrogen (secondary N) is 1. The summed E-state index contributed by atoms with van der Waals surface area (Å²) in [6.07, 6.45) is -4.48. The molecule has 1 aliphatic heterocycles. The smallest absolute Gasteiger partial charge is 0.350 e. The van der Waals surface area contributed by atoms with Crippen LogP contribution >= 0.6 is 0 Å². The third-order valence-corrected chi connectivity index (χ3v) is 8.89. The van der Waals surface area contributed by atoms with E-state index >= 15 is 0 Å². The molecule has 16 heteroatoms. The molecule has 0 spiro atoms. The van der Waals surface area contributed by atoms with Crippen LogP contribution in [0.25, 0.3) is 0 Å². The first-order valence-electron chi connectivity index (χ1n) is 11.8. The van der Waals surface area contributed by atoms with Crippen molar-refractivity contribution in [2.24, 2.45) is 7.05 Å². The fourth-order valence-electron chi connectivity index (χ4n) is 4.88. The van der Waals surface area contributed by atoms with Gasteiger partial charge in [0.2, 0.25) is 10.9 Å². The number of hydrogen-bond donors (Lipinski definition) is 1. The van der Waals surface area contributed by atoms with Gasteiger partial charge in [0.25, 0.3) is 15.9 Å². The highest BCUT2D eigenvalue weighted by atomic mass is 32.2. The molecule has 1 saturated carbocycles. The van der Waals surface area contributed by atoms with Crippen LogP contribution in [0.5, 0.6) is 0 Å². The lowest BCUT2D eigenvalue weighted by atomic mass is 9.78. The predicted octanol–water partition coefficient (Wildman–Crippen LogP) is 2.66. The van der Waals surface area contributed by atoms with Gasteiger partial charge in [0.05, 0.1) is 17.3 Å². The van der Waals surface area contributed by atoms with Gasteiger partial charge in [-0.25, -0.2) is 21.6 Å². The van der Waals surface area contributed by atoms with Gasteiger partial charge in [0.1, 0.15) is 5.82 Å². The Kier molecular flexibility index (Phi) is 7.53. The molecular weight excluding hydrogens is 542 g/mol. The van der Waals surface area contributed by atoms with E-state index in [-0.39, 0.29) is 56.7 Å². The molecule has 2 aliphatic rings. The first-order chi connectivity index (χ1) is 17.6. The van der Waals surface area contributed by atoms with E-state index in [1.807, 2.05) is 4.90 Å². The summed E-state index contributed by atoms with van der Waals surface area (Å²) >= 11 is 0. The van der Waals surface area contributed by atoms with Crippen molar-refractivity contribution >= 4 is 15.9 Å². The van der Waals surface area contributed by atoms with Crippen molar-refractivity contribution in [3.05, 3.63) is 41.3 Å². The molecule has 1 aliphatic carbocycles. The van der Waals surface area contributed by atoms with E-state index in [0.717, 1.165) is 6.07 Å². The minimum atomic E-state index is -4.78. The van der Waals surface area contributed by atoms with Gasteiger partial charge >= 0.3 is 6.18 Å². The Bertz CT molecular complexity index is 1280. The molecule has 1 N–H and O–H groups in total. The third kappa shape index (κ3) is 5.81. The number of halogens is 6. The highest BCUT2D eigenvalue weighted by Crippen LogP contribution is 2.42. The first-order valence-corrected chi connectivity index (χ1v) is 13.2. The number of hydrogen-bond acceptors (Lipinski definition) is 6. The van der Waals surface area contributed by atoms with E-state index in [9.17, 15) is 39.6 Å². The van der Waals surface area contributed by atoms with Crippen molar-refractivity contribution in [1.82, 2.24) is 29.5 Å². The van der Waals surface area contributed by atoms with E-state index in [1.165, 1.54) is 22.2 Å². The zero-order valence-corrected chi connectivity index (χ0v) is 21.1. The molecule has 1 saturated heterocycles. The summed E-state index contributed by atoms with van der Waals surface area (Å²) in [6.45, 7) is 0.265. The van der Waals surface area contributed by atoms with Crippen molar-refractivity contribution in [3.8, 4) is 0 Å². The zero-order chi connectivity index (χ0) is 27.9. The van der Waals surface area contributed by atoms with Crippen molar-refractivity contribution in [2.45, 2.75) is 48.3 Å². The highest BCUT2D eigenvalue weighted by Gasteiger charge is 2.48. The molecule has 0 unspecified atom stereocenters. The molecule has 9 nitrogen and oxygen atoms in total. The second-order valence-electron chi connectivity index (χ2n) is 9.58. The first kappa shape index (κ1) is 28.3. The number of aryl methyl sites for hydroxylation is 1. The minimum absolute atomic E-state index is 0.0211. The maximum atomic E-state index is 14.3. The lowest BCUT2D eigenvalue weighted by molar-refractivity contribution is -0.137.